The summed E-state index contributed by atoms with van der Waals surface area (Å²) < 4.78 is 12.3. The molecule has 0 radical (unpaired) electrons. The zero-order valence-electron chi connectivity index (χ0n) is 14.7. The van der Waals surface area contributed by atoms with E-state index in [1.807, 2.05) is 45.0 Å². The number of tetrazole rings is 1. The van der Waals surface area contributed by atoms with Crippen LogP contribution in [0.1, 0.15) is 32.4 Å². The van der Waals surface area contributed by atoms with E-state index < -0.39 is 6.04 Å². The first-order valence-electron chi connectivity index (χ1n) is 8.08. The Kier molecular flexibility index (Phi) is 4.69. The number of hydrogen-bond acceptors (Lipinski definition) is 7. The summed E-state index contributed by atoms with van der Waals surface area (Å²) >= 11 is 0. The highest BCUT2D eigenvalue weighted by Gasteiger charge is 2.35. The number of nitrogens with one attached hydrogen (secondary N) is 1. The second kappa shape index (κ2) is 6.92. The number of allylic oxidation sites excluding steroid dienone is 1. The normalized spacial score (nSPS) is 16.4. The van der Waals surface area contributed by atoms with E-state index >= 15 is 0 Å². The van der Waals surface area contributed by atoms with Crippen LogP contribution in [0.25, 0.3) is 0 Å². The Bertz CT molecular complexity index is 795. The van der Waals surface area contributed by atoms with Gasteiger partial charge in [0.25, 0.3) is 0 Å². The van der Waals surface area contributed by atoms with Gasteiger partial charge in [0.05, 0.1) is 19.3 Å². The largest absolute Gasteiger partial charge is 0.497 e. The number of ether oxygens (including phenoxy) is 2. The van der Waals surface area contributed by atoms with Crippen molar-refractivity contribution in [2.24, 2.45) is 5.92 Å². The smallest absolute Gasteiger partial charge is 0.338 e. The lowest BCUT2D eigenvalue weighted by atomic mass is 9.95. The summed E-state index contributed by atoms with van der Waals surface area (Å²) in [6, 6.07) is 7.01. The number of rotatable bonds is 5. The summed E-state index contributed by atoms with van der Waals surface area (Å²) in [4.78, 5) is 12.7. The molecule has 0 fully saturated rings. The van der Waals surface area contributed by atoms with Crippen molar-refractivity contribution in [1.29, 1.82) is 0 Å². The lowest BCUT2D eigenvalue weighted by molar-refractivity contribution is -0.140. The molecular formula is C17H21N5O3. The van der Waals surface area contributed by atoms with E-state index in [9.17, 15) is 4.79 Å². The van der Waals surface area contributed by atoms with Gasteiger partial charge in [-0.2, -0.15) is 4.68 Å². The van der Waals surface area contributed by atoms with Gasteiger partial charge in [-0.1, -0.05) is 31.1 Å². The summed E-state index contributed by atoms with van der Waals surface area (Å²) in [5.74, 6) is 1.10. The maximum absolute atomic E-state index is 12.7. The van der Waals surface area contributed by atoms with Crippen LogP contribution in [0, 0.1) is 5.92 Å². The number of hydrogen-bond donors (Lipinski definition) is 1. The third-order valence-corrected chi connectivity index (χ3v) is 3.91. The molecule has 1 aliphatic heterocycles. The highest BCUT2D eigenvalue weighted by Crippen LogP contribution is 2.35. The SMILES string of the molecule is COc1ccc([C@@H]2C(C(=O)OCC(C)C)=C(C)Nc3nnnn32)cc1. The molecule has 0 saturated carbocycles. The maximum atomic E-state index is 12.7. The van der Waals surface area contributed by atoms with Crippen molar-refractivity contribution in [1.82, 2.24) is 20.2 Å². The number of esters is 1. The summed E-state index contributed by atoms with van der Waals surface area (Å²) in [6.07, 6.45) is 0. The van der Waals surface area contributed by atoms with Gasteiger partial charge in [-0.25, -0.2) is 4.79 Å². The average molecular weight is 343 g/mol. The Morgan fingerprint density at radius 1 is 1.32 bits per heavy atom. The monoisotopic (exact) mass is 343 g/mol. The van der Waals surface area contributed by atoms with Gasteiger partial charge in [0.15, 0.2) is 0 Å². The standard InChI is InChI=1S/C17H21N5O3/c1-10(2)9-25-16(23)14-11(3)18-17-19-20-21-22(17)15(14)12-5-7-13(24-4)8-6-12/h5-8,10,15H,9H2,1-4H3,(H,18,19,21)/t15-/m1/s1. The first-order valence-corrected chi connectivity index (χ1v) is 8.08. The third-order valence-electron chi connectivity index (χ3n) is 3.91. The van der Waals surface area contributed by atoms with Crippen molar-refractivity contribution in [2.75, 3.05) is 19.0 Å². The molecule has 2 aromatic rings. The van der Waals surface area contributed by atoms with E-state index in [2.05, 4.69) is 20.8 Å². The molecule has 0 unspecified atom stereocenters. The number of carbonyl (C=O) groups excluding carboxylic acids is 1. The lowest BCUT2D eigenvalue weighted by Crippen LogP contribution is -2.30. The minimum Gasteiger partial charge on any atom is -0.497 e. The zero-order chi connectivity index (χ0) is 18.0. The molecule has 1 aromatic heterocycles. The highest BCUT2D eigenvalue weighted by molar-refractivity contribution is 5.92. The van der Waals surface area contributed by atoms with E-state index in [0.29, 0.717) is 23.8 Å². The minimum absolute atomic E-state index is 0.254. The van der Waals surface area contributed by atoms with Crippen LogP contribution >= 0.6 is 0 Å². The van der Waals surface area contributed by atoms with Crippen molar-refractivity contribution in [3.63, 3.8) is 0 Å². The molecule has 8 nitrogen and oxygen atoms in total. The molecule has 0 bridgehead atoms. The van der Waals surface area contributed by atoms with Gasteiger partial charge in [-0.05, 0) is 41.0 Å². The zero-order valence-corrected chi connectivity index (χ0v) is 14.7. The number of carbonyl (C=O) groups is 1. The Morgan fingerprint density at radius 2 is 2.04 bits per heavy atom. The molecule has 1 aromatic carbocycles. The van der Waals surface area contributed by atoms with Gasteiger partial charge in [0, 0.05) is 5.70 Å². The Labute approximate surface area is 145 Å². The van der Waals surface area contributed by atoms with Crippen LogP contribution in [0.15, 0.2) is 35.5 Å². The number of methoxy groups -OCH3 is 1. The number of benzene rings is 1. The molecule has 132 valence electrons. The van der Waals surface area contributed by atoms with Gasteiger partial charge < -0.3 is 14.8 Å². The molecule has 0 spiro atoms. The first-order chi connectivity index (χ1) is 12.0. The summed E-state index contributed by atoms with van der Waals surface area (Å²) in [5, 5.41) is 14.8. The van der Waals surface area contributed by atoms with Gasteiger partial charge in [0.2, 0.25) is 5.95 Å². The molecular weight excluding hydrogens is 322 g/mol. The van der Waals surface area contributed by atoms with E-state index in [1.54, 1.807) is 11.8 Å². The van der Waals surface area contributed by atoms with E-state index in [0.717, 1.165) is 11.3 Å². The molecule has 0 aliphatic carbocycles. The molecule has 0 amide bonds. The Morgan fingerprint density at radius 3 is 2.68 bits per heavy atom. The number of nitrogens with zero attached hydrogens (tertiary/aromatic N) is 4. The van der Waals surface area contributed by atoms with Crippen LogP contribution in [0.5, 0.6) is 5.75 Å². The summed E-state index contributed by atoms with van der Waals surface area (Å²) in [6.45, 7) is 6.16. The highest BCUT2D eigenvalue weighted by atomic mass is 16.5. The molecule has 25 heavy (non-hydrogen) atoms. The topological polar surface area (TPSA) is 91.2 Å². The molecule has 8 heteroatoms. The molecule has 1 aliphatic rings. The predicted octanol–water partition coefficient (Wildman–Crippen LogP) is 2.17. The Balaban J connectivity index is 2.01. The van der Waals surface area contributed by atoms with Crippen LogP contribution in [-0.2, 0) is 9.53 Å². The fourth-order valence-corrected chi connectivity index (χ4v) is 2.69. The van der Waals surface area contributed by atoms with E-state index in [1.165, 1.54) is 0 Å². The molecule has 0 saturated heterocycles. The molecule has 3 rings (SSSR count). The lowest BCUT2D eigenvalue weighted by Gasteiger charge is -2.27. The van der Waals surface area contributed by atoms with Crippen molar-refractivity contribution in [2.45, 2.75) is 26.8 Å². The van der Waals surface area contributed by atoms with Crippen molar-refractivity contribution < 1.29 is 14.3 Å². The van der Waals surface area contributed by atoms with Crippen LogP contribution in [-0.4, -0.2) is 39.9 Å². The number of fused-ring (bicyclic) bond motifs is 1. The van der Waals surface area contributed by atoms with E-state index in [-0.39, 0.29) is 11.9 Å². The van der Waals surface area contributed by atoms with Crippen LogP contribution in [0.4, 0.5) is 5.95 Å². The summed E-state index contributed by atoms with van der Waals surface area (Å²) in [5.41, 5.74) is 2.04. The van der Waals surface area contributed by atoms with Crippen LogP contribution < -0.4 is 10.1 Å². The average Bonchev–Trinajstić information content (AvgIpc) is 3.06. The number of aromatic nitrogens is 4. The fraction of sp³-hybridized carbons (Fsp3) is 0.412. The van der Waals surface area contributed by atoms with Crippen molar-refractivity contribution in [3.05, 3.63) is 41.1 Å². The fourth-order valence-electron chi connectivity index (χ4n) is 2.69. The van der Waals surface area contributed by atoms with Crippen LogP contribution in [0.3, 0.4) is 0 Å². The van der Waals surface area contributed by atoms with Gasteiger partial charge in [-0.3, -0.25) is 0 Å². The number of anilines is 1. The molecule has 2 heterocycles. The third kappa shape index (κ3) is 3.33. The summed E-state index contributed by atoms with van der Waals surface area (Å²) in [7, 11) is 1.61. The maximum Gasteiger partial charge on any atom is 0.338 e. The second-order valence-electron chi connectivity index (χ2n) is 6.28. The minimum atomic E-state index is -0.461. The quantitative estimate of drug-likeness (QED) is 0.832. The Hall–Kier alpha value is -2.90. The molecule has 1 atom stereocenters. The van der Waals surface area contributed by atoms with E-state index in [4.69, 9.17) is 9.47 Å². The van der Waals surface area contributed by atoms with Crippen molar-refractivity contribution >= 4 is 11.9 Å². The van der Waals surface area contributed by atoms with Gasteiger partial charge in [-0.15, -0.1) is 0 Å². The first kappa shape index (κ1) is 16.9. The second-order valence-corrected chi connectivity index (χ2v) is 6.28. The van der Waals surface area contributed by atoms with Gasteiger partial charge >= 0.3 is 5.97 Å². The van der Waals surface area contributed by atoms with Crippen LogP contribution in [0.2, 0.25) is 0 Å². The van der Waals surface area contributed by atoms with Crippen molar-refractivity contribution in [3.8, 4) is 5.75 Å². The molecule has 1 N–H and O–H groups in total. The van der Waals surface area contributed by atoms with Gasteiger partial charge in [0.1, 0.15) is 11.8 Å². The predicted molar refractivity (Wildman–Crippen MR) is 91.1 cm³/mol.